The molecule has 1 atom stereocenters. The summed E-state index contributed by atoms with van der Waals surface area (Å²) >= 11 is 6.20. The molecule has 1 amide bonds. The smallest absolute Gasteiger partial charge is 0.263 e. The lowest BCUT2D eigenvalue weighted by molar-refractivity contribution is -0.115. The summed E-state index contributed by atoms with van der Waals surface area (Å²) in [5.74, 6) is 0.323. The van der Waals surface area contributed by atoms with E-state index in [9.17, 15) is 9.00 Å². The van der Waals surface area contributed by atoms with Crippen LogP contribution in [-0.4, -0.2) is 25.7 Å². The number of thiocarbonyl (C=S) groups is 1. The highest BCUT2D eigenvalue weighted by Crippen LogP contribution is 2.33. The largest absolute Gasteiger partial charge is 0.456 e. The minimum atomic E-state index is -1.07. The van der Waals surface area contributed by atoms with Crippen LogP contribution in [0.2, 0.25) is 0 Å². The third-order valence-corrected chi connectivity index (χ3v) is 5.91. The Morgan fingerprint density at radius 1 is 1.31 bits per heavy atom. The minimum absolute atomic E-state index is 0.225. The fraction of sp³-hybridized carbons (Fsp3) is 0.0556. The Morgan fingerprint density at radius 3 is 2.88 bits per heavy atom. The van der Waals surface area contributed by atoms with Gasteiger partial charge < -0.3 is 9.73 Å². The second kappa shape index (κ2) is 6.79. The zero-order valence-corrected chi connectivity index (χ0v) is 16.0. The fourth-order valence-electron chi connectivity index (χ4n) is 2.65. The number of aromatic nitrogens is 1. The van der Waals surface area contributed by atoms with Crippen molar-refractivity contribution in [2.45, 2.75) is 4.90 Å². The van der Waals surface area contributed by atoms with Crippen molar-refractivity contribution in [2.75, 3.05) is 6.26 Å². The molecule has 1 aliphatic heterocycles. The Morgan fingerprint density at radius 2 is 2.15 bits per heavy atom. The number of amides is 1. The van der Waals surface area contributed by atoms with E-state index in [2.05, 4.69) is 10.3 Å². The van der Waals surface area contributed by atoms with Crippen LogP contribution in [-0.2, 0) is 15.6 Å². The quantitative estimate of drug-likeness (QED) is 0.534. The van der Waals surface area contributed by atoms with Crippen LogP contribution in [0, 0.1) is 0 Å². The summed E-state index contributed by atoms with van der Waals surface area (Å²) in [5.41, 5.74) is 2.34. The van der Waals surface area contributed by atoms with E-state index in [1.165, 1.54) is 11.8 Å². The molecule has 0 spiro atoms. The van der Waals surface area contributed by atoms with Crippen LogP contribution in [0.3, 0.4) is 0 Å². The number of nitrogens with one attached hydrogen (secondary N) is 1. The highest BCUT2D eigenvalue weighted by atomic mass is 32.2. The van der Waals surface area contributed by atoms with E-state index in [1.807, 2.05) is 30.3 Å². The molecule has 1 unspecified atom stereocenters. The zero-order chi connectivity index (χ0) is 18.3. The molecular weight excluding hydrogens is 388 g/mol. The predicted molar refractivity (Wildman–Crippen MR) is 108 cm³/mol. The van der Waals surface area contributed by atoms with Crippen molar-refractivity contribution >= 4 is 62.1 Å². The normalized spacial score (nSPS) is 17.0. The summed E-state index contributed by atoms with van der Waals surface area (Å²) in [5, 5.41) is 3.40. The van der Waals surface area contributed by atoms with Crippen molar-refractivity contribution in [3.63, 3.8) is 0 Å². The van der Waals surface area contributed by atoms with Crippen molar-refractivity contribution in [3.05, 3.63) is 53.4 Å². The number of rotatable bonds is 3. The Bertz CT molecular complexity index is 1120. The monoisotopic (exact) mass is 400 g/mol. The van der Waals surface area contributed by atoms with Gasteiger partial charge in [0.15, 0.2) is 0 Å². The Kier molecular flexibility index (Phi) is 4.47. The molecule has 0 saturated carbocycles. The van der Waals surface area contributed by atoms with Gasteiger partial charge in [0.05, 0.1) is 4.91 Å². The van der Waals surface area contributed by atoms with Gasteiger partial charge in [-0.2, -0.15) is 0 Å². The highest BCUT2D eigenvalue weighted by Gasteiger charge is 2.23. The maximum absolute atomic E-state index is 11.8. The number of pyridine rings is 1. The number of carbonyl (C=O) groups excluding carboxylic acids is 1. The number of thioether (sulfide) groups is 1. The number of carbonyl (C=O) groups is 1. The van der Waals surface area contributed by atoms with E-state index in [0.29, 0.717) is 20.6 Å². The van der Waals surface area contributed by atoms with E-state index >= 15 is 0 Å². The van der Waals surface area contributed by atoms with Gasteiger partial charge in [-0.05, 0) is 23.8 Å². The molecule has 5 nitrogen and oxygen atoms in total. The van der Waals surface area contributed by atoms with Gasteiger partial charge in [0, 0.05) is 51.4 Å². The Balaban J connectivity index is 1.81. The van der Waals surface area contributed by atoms with Gasteiger partial charge in [-0.25, -0.2) is 0 Å². The van der Waals surface area contributed by atoms with Gasteiger partial charge in [0.1, 0.15) is 15.7 Å². The standard InChI is InChI=1S/C18H12N2O3S3/c1-26(22)13-4-2-3-10(6-13)14-9-19-8-11-5-12(23-16(11)14)7-15-17(21)20-18(24)25-15/h2-9H,1H3,(H,20,21,24). The summed E-state index contributed by atoms with van der Waals surface area (Å²) in [7, 11) is -1.07. The molecule has 0 radical (unpaired) electrons. The molecule has 26 heavy (non-hydrogen) atoms. The van der Waals surface area contributed by atoms with Gasteiger partial charge in [0.2, 0.25) is 0 Å². The summed E-state index contributed by atoms with van der Waals surface area (Å²) in [6.45, 7) is 0. The Labute approximate surface area is 161 Å². The third-order valence-electron chi connectivity index (χ3n) is 3.83. The first-order valence-electron chi connectivity index (χ1n) is 7.57. The van der Waals surface area contributed by atoms with Crippen LogP contribution >= 0.6 is 24.0 Å². The molecule has 130 valence electrons. The van der Waals surface area contributed by atoms with Gasteiger partial charge in [-0.15, -0.1) is 0 Å². The zero-order valence-electron chi connectivity index (χ0n) is 13.5. The van der Waals surface area contributed by atoms with E-state index in [1.54, 1.807) is 24.7 Å². The van der Waals surface area contributed by atoms with Gasteiger partial charge in [-0.3, -0.25) is 14.0 Å². The first-order chi connectivity index (χ1) is 12.5. The number of hydrogen-bond donors (Lipinski definition) is 1. The van der Waals surface area contributed by atoms with Gasteiger partial charge in [-0.1, -0.05) is 36.1 Å². The van der Waals surface area contributed by atoms with Gasteiger partial charge >= 0.3 is 0 Å². The average molecular weight is 401 g/mol. The van der Waals surface area contributed by atoms with Gasteiger partial charge in [0.25, 0.3) is 5.91 Å². The molecule has 4 rings (SSSR count). The molecule has 1 saturated heterocycles. The van der Waals surface area contributed by atoms with Crippen molar-refractivity contribution in [1.82, 2.24) is 10.3 Å². The Hall–Kier alpha value is -2.29. The van der Waals surface area contributed by atoms with Crippen LogP contribution in [0.15, 0.2) is 56.9 Å². The van der Waals surface area contributed by atoms with Crippen LogP contribution in [0.25, 0.3) is 28.2 Å². The number of fused-ring (bicyclic) bond motifs is 1. The molecular formula is C18H12N2O3S3. The number of hydrogen-bond acceptors (Lipinski definition) is 6. The van der Waals surface area contributed by atoms with E-state index in [0.717, 1.165) is 21.4 Å². The lowest BCUT2D eigenvalue weighted by atomic mass is 10.1. The lowest BCUT2D eigenvalue weighted by Gasteiger charge is -2.04. The SMILES string of the molecule is CS(=O)c1cccc(-c2cncc3cc(C=C4SC(=S)NC4=O)oc23)c1. The highest BCUT2D eigenvalue weighted by molar-refractivity contribution is 8.26. The lowest BCUT2D eigenvalue weighted by Crippen LogP contribution is -2.17. The number of nitrogens with zero attached hydrogens (tertiary/aromatic N) is 1. The van der Waals surface area contributed by atoms with Crippen LogP contribution in [0.4, 0.5) is 0 Å². The van der Waals surface area contributed by atoms with Crippen molar-refractivity contribution < 1.29 is 13.4 Å². The molecule has 1 N–H and O–H groups in total. The fourth-order valence-corrected chi connectivity index (χ4v) is 4.24. The summed E-state index contributed by atoms with van der Waals surface area (Å²) in [4.78, 5) is 17.3. The van der Waals surface area contributed by atoms with E-state index in [-0.39, 0.29) is 5.91 Å². The number of furan rings is 1. The molecule has 1 aliphatic rings. The minimum Gasteiger partial charge on any atom is -0.456 e. The van der Waals surface area contributed by atoms with Crippen molar-refractivity contribution in [2.24, 2.45) is 0 Å². The molecule has 3 aromatic rings. The van der Waals surface area contributed by atoms with Crippen LogP contribution in [0.1, 0.15) is 5.76 Å². The predicted octanol–water partition coefficient (Wildman–Crippen LogP) is 3.72. The molecule has 3 heterocycles. The van der Waals surface area contributed by atoms with Crippen molar-refractivity contribution in [1.29, 1.82) is 0 Å². The summed E-state index contributed by atoms with van der Waals surface area (Å²) in [6, 6.07) is 9.30. The topological polar surface area (TPSA) is 72.2 Å². The second-order valence-electron chi connectivity index (χ2n) is 5.59. The molecule has 0 bridgehead atoms. The third kappa shape index (κ3) is 3.23. The maximum Gasteiger partial charge on any atom is 0.263 e. The maximum atomic E-state index is 11.8. The van der Waals surface area contributed by atoms with E-state index < -0.39 is 10.8 Å². The van der Waals surface area contributed by atoms with Crippen molar-refractivity contribution in [3.8, 4) is 11.1 Å². The van der Waals surface area contributed by atoms with Crippen LogP contribution < -0.4 is 5.32 Å². The molecule has 1 fully saturated rings. The van der Waals surface area contributed by atoms with E-state index in [4.69, 9.17) is 16.6 Å². The summed E-state index contributed by atoms with van der Waals surface area (Å²) in [6.07, 6.45) is 6.73. The average Bonchev–Trinajstić information content (AvgIpc) is 3.17. The first kappa shape index (κ1) is 17.1. The molecule has 8 heteroatoms. The first-order valence-corrected chi connectivity index (χ1v) is 10.4. The number of benzene rings is 1. The summed E-state index contributed by atoms with van der Waals surface area (Å²) < 4.78 is 18.2. The second-order valence-corrected chi connectivity index (χ2v) is 8.69. The molecule has 1 aromatic carbocycles. The molecule has 0 aliphatic carbocycles. The molecule has 2 aromatic heterocycles. The van der Waals surface area contributed by atoms with Crippen LogP contribution in [0.5, 0.6) is 0 Å².